The molecule has 3 rings (SSSR count). The molecule has 0 fully saturated rings. The zero-order valence-corrected chi connectivity index (χ0v) is 16.7. The number of hydrogen-bond acceptors (Lipinski definition) is 5. The summed E-state index contributed by atoms with van der Waals surface area (Å²) in [5.74, 6) is 0.648. The Kier molecular flexibility index (Phi) is 6.46. The third kappa shape index (κ3) is 4.78. The number of hydrogen-bond donors (Lipinski definition) is 1. The standard InChI is InChI=1S/C21H28FN5O/c1-4-15(2)6-5-10-26(3)13-16-9-11-27-20(16)21(24-14-25-27)28-19-8-7-17(23)12-18(19)22/h7-9,11-12,14-15H,4-6,10,13,23H2,1-3H3. The number of fused-ring (bicyclic) bond motifs is 1. The van der Waals surface area contributed by atoms with E-state index < -0.39 is 5.82 Å². The number of rotatable bonds is 9. The molecule has 0 bridgehead atoms. The first-order valence-corrected chi connectivity index (χ1v) is 9.70. The van der Waals surface area contributed by atoms with Crippen molar-refractivity contribution >= 4 is 11.2 Å². The van der Waals surface area contributed by atoms with Gasteiger partial charge >= 0.3 is 0 Å². The highest BCUT2D eigenvalue weighted by Gasteiger charge is 2.15. The van der Waals surface area contributed by atoms with E-state index in [2.05, 4.69) is 35.9 Å². The molecule has 0 saturated heterocycles. The van der Waals surface area contributed by atoms with Crippen LogP contribution >= 0.6 is 0 Å². The summed E-state index contributed by atoms with van der Waals surface area (Å²) in [7, 11) is 2.10. The van der Waals surface area contributed by atoms with Gasteiger partial charge in [0.25, 0.3) is 0 Å². The molecule has 2 N–H and O–H groups in total. The van der Waals surface area contributed by atoms with Gasteiger partial charge < -0.3 is 15.4 Å². The molecule has 0 radical (unpaired) electrons. The first kappa shape index (κ1) is 20.1. The lowest BCUT2D eigenvalue weighted by molar-refractivity contribution is 0.307. The summed E-state index contributed by atoms with van der Waals surface area (Å²) >= 11 is 0. The molecule has 2 aromatic heterocycles. The van der Waals surface area contributed by atoms with E-state index in [0.29, 0.717) is 11.6 Å². The number of halogens is 1. The number of nitrogens with two attached hydrogens (primary N) is 1. The van der Waals surface area contributed by atoms with E-state index in [1.807, 2.05) is 12.3 Å². The van der Waals surface area contributed by atoms with E-state index in [0.717, 1.165) is 36.5 Å². The maximum absolute atomic E-state index is 14.1. The largest absolute Gasteiger partial charge is 0.434 e. The Morgan fingerprint density at radius 3 is 2.89 bits per heavy atom. The molecule has 0 aliphatic carbocycles. The summed E-state index contributed by atoms with van der Waals surface area (Å²) in [5, 5.41) is 4.24. The summed E-state index contributed by atoms with van der Waals surface area (Å²) in [6.07, 6.45) is 6.87. The van der Waals surface area contributed by atoms with Crippen LogP contribution in [0.4, 0.5) is 10.1 Å². The average Bonchev–Trinajstić information content (AvgIpc) is 3.07. The van der Waals surface area contributed by atoms with Crippen LogP contribution < -0.4 is 10.5 Å². The van der Waals surface area contributed by atoms with Gasteiger partial charge in [0.05, 0.1) is 0 Å². The molecule has 0 amide bonds. The minimum Gasteiger partial charge on any atom is -0.434 e. The molecule has 2 heterocycles. The zero-order valence-electron chi connectivity index (χ0n) is 16.7. The highest BCUT2D eigenvalue weighted by molar-refractivity contribution is 5.63. The molecule has 0 aliphatic heterocycles. The van der Waals surface area contributed by atoms with E-state index in [1.54, 1.807) is 10.6 Å². The second kappa shape index (κ2) is 9.01. The predicted octanol–water partition coefficient (Wildman–Crippen LogP) is 4.50. The number of benzene rings is 1. The average molecular weight is 385 g/mol. The number of nitrogens with zero attached hydrogens (tertiary/aromatic N) is 4. The van der Waals surface area contributed by atoms with Crippen LogP contribution in [0.3, 0.4) is 0 Å². The monoisotopic (exact) mass is 385 g/mol. The Hall–Kier alpha value is -2.67. The van der Waals surface area contributed by atoms with Crippen molar-refractivity contribution in [1.82, 2.24) is 19.5 Å². The van der Waals surface area contributed by atoms with Crippen LogP contribution in [0.25, 0.3) is 5.52 Å². The third-order valence-corrected chi connectivity index (χ3v) is 5.04. The number of ether oxygens (including phenoxy) is 1. The Morgan fingerprint density at radius 2 is 2.14 bits per heavy atom. The van der Waals surface area contributed by atoms with E-state index in [-0.39, 0.29) is 5.75 Å². The van der Waals surface area contributed by atoms with Crippen LogP contribution in [0.15, 0.2) is 36.8 Å². The predicted molar refractivity (Wildman–Crippen MR) is 109 cm³/mol. The van der Waals surface area contributed by atoms with Crippen molar-refractivity contribution in [3.05, 3.63) is 48.2 Å². The number of anilines is 1. The Bertz CT molecular complexity index is 926. The molecule has 0 aliphatic rings. The van der Waals surface area contributed by atoms with Crippen LogP contribution in [0, 0.1) is 11.7 Å². The Morgan fingerprint density at radius 1 is 1.32 bits per heavy atom. The van der Waals surface area contributed by atoms with E-state index in [4.69, 9.17) is 10.5 Å². The first-order valence-electron chi connectivity index (χ1n) is 9.70. The summed E-state index contributed by atoms with van der Waals surface area (Å²) in [4.78, 5) is 6.51. The van der Waals surface area contributed by atoms with Crippen molar-refractivity contribution < 1.29 is 9.13 Å². The van der Waals surface area contributed by atoms with Crippen LogP contribution in [0.5, 0.6) is 11.6 Å². The maximum Gasteiger partial charge on any atom is 0.247 e. The second-order valence-electron chi connectivity index (χ2n) is 7.38. The van der Waals surface area contributed by atoms with Crippen molar-refractivity contribution in [2.75, 3.05) is 19.3 Å². The normalized spacial score (nSPS) is 12.6. The summed E-state index contributed by atoms with van der Waals surface area (Å²) < 4.78 is 21.6. The molecule has 7 heteroatoms. The van der Waals surface area contributed by atoms with Gasteiger partial charge in [-0.3, -0.25) is 0 Å². The van der Waals surface area contributed by atoms with Crippen molar-refractivity contribution in [3.8, 4) is 11.6 Å². The van der Waals surface area contributed by atoms with Crippen LogP contribution in [-0.2, 0) is 6.54 Å². The van der Waals surface area contributed by atoms with Gasteiger partial charge in [-0.1, -0.05) is 20.3 Å². The minimum absolute atomic E-state index is 0.0869. The molecule has 0 spiro atoms. The molecular weight excluding hydrogens is 357 g/mol. The lowest BCUT2D eigenvalue weighted by Crippen LogP contribution is -2.19. The fourth-order valence-corrected chi connectivity index (χ4v) is 3.18. The van der Waals surface area contributed by atoms with Gasteiger partial charge in [-0.05, 0) is 56.1 Å². The van der Waals surface area contributed by atoms with Gasteiger partial charge in [0.2, 0.25) is 5.88 Å². The van der Waals surface area contributed by atoms with Crippen LogP contribution in [0.1, 0.15) is 38.7 Å². The molecule has 1 aromatic carbocycles. The van der Waals surface area contributed by atoms with Gasteiger partial charge in [0.15, 0.2) is 11.6 Å². The van der Waals surface area contributed by atoms with Crippen molar-refractivity contribution in [2.24, 2.45) is 5.92 Å². The van der Waals surface area contributed by atoms with Crippen LogP contribution in [0.2, 0.25) is 0 Å². The van der Waals surface area contributed by atoms with E-state index in [1.165, 1.54) is 31.3 Å². The number of aromatic nitrogens is 3. The summed E-state index contributed by atoms with van der Waals surface area (Å²) in [6, 6.07) is 6.34. The van der Waals surface area contributed by atoms with E-state index >= 15 is 0 Å². The lowest BCUT2D eigenvalue weighted by atomic mass is 10.0. The molecule has 6 nitrogen and oxygen atoms in total. The molecule has 0 saturated carbocycles. The topological polar surface area (TPSA) is 68.7 Å². The third-order valence-electron chi connectivity index (χ3n) is 5.04. The quantitative estimate of drug-likeness (QED) is 0.549. The van der Waals surface area contributed by atoms with Crippen molar-refractivity contribution in [2.45, 2.75) is 39.7 Å². The zero-order chi connectivity index (χ0) is 20.1. The second-order valence-corrected chi connectivity index (χ2v) is 7.38. The fourth-order valence-electron chi connectivity index (χ4n) is 3.18. The van der Waals surface area contributed by atoms with Gasteiger partial charge in [-0.15, -0.1) is 0 Å². The molecule has 1 unspecified atom stereocenters. The van der Waals surface area contributed by atoms with Gasteiger partial charge in [0.1, 0.15) is 11.8 Å². The Balaban J connectivity index is 1.77. The van der Waals surface area contributed by atoms with Crippen molar-refractivity contribution in [3.63, 3.8) is 0 Å². The van der Waals surface area contributed by atoms with Gasteiger partial charge in [0, 0.05) is 24.5 Å². The smallest absolute Gasteiger partial charge is 0.247 e. The minimum atomic E-state index is -0.521. The first-order chi connectivity index (χ1) is 13.5. The SMILES string of the molecule is CCC(C)CCCN(C)Cc1ccn2ncnc(Oc3ccc(N)cc3F)c12. The van der Waals surface area contributed by atoms with Crippen LogP contribution in [-0.4, -0.2) is 33.1 Å². The lowest BCUT2D eigenvalue weighted by Gasteiger charge is -2.18. The molecular formula is C21H28FN5O. The molecule has 3 aromatic rings. The van der Waals surface area contributed by atoms with Gasteiger partial charge in [-0.2, -0.15) is 10.1 Å². The molecule has 28 heavy (non-hydrogen) atoms. The number of nitrogen functional groups attached to an aromatic ring is 1. The Labute approximate surface area is 165 Å². The van der Waals surface area contributed by atoms with Gasteiger partial charge in [-0.25, -0.2) is 8.91 Å². The highest BCUT2D eigenvalue weighted by Crippen LogP contribution is 2.29. The maximum atomic E-state index is 14.1. The summed E-state index contributed by atoms with van der Waals surface area (Å²) in [5.41, 5.74) is 7.74. The van der Waals surface area contributed by atoms with E-state index in [9.17, 15) is 4.39 Å². The van der Waals surface area contributed by atoms with Crippen molar-refractivity contribution in [1.29, 1.82) is 0 Å². The molecule has 150 valence electrons. The summed E-state index contributed by atoms with van der Waals surface area (Å²) in [6.45, 7) is 6.27. The molecule has 1 atom stereocenters. The highest BCUT2D eigenvalue weighted by atomic mass is 19.1. The fraction of sp³-hybridized carbons (Fsp3) is 0.429.